The molecular formula is C11H11Cl2N3O2. The second-order valence-corrected chi connectivity index (χ2v) is 4.73. The number of aliphatic hydroxyl groups is 1. The van der Waals surface area contributed by atoms with Gasteiger partial charge in [0, 0.05) is 12.6 Å². The van der Waals surface area contributed by atoms with Crippen molar-refractivity contribution in [3.63, 3.8) is 0 Å². The Labute approximate surface area is 114 Å². The smallest absolute Gasteiger partial charge is 0.227 e. The minimum atomic E-state index is -0.405. The number of hydrogen-bond acceptors (Lipinski definition) is 5. The highest BCUT2D eigenvalue weighted by atomic mass is 35.5. The van der Waals surface area contributed by atoms with Gasteiger partial charge in [0.25, 0.3) is 0 Å². The van der Waals surface area contributed by atoms with E-state index in [1.54, 1.807) is 13.0 Å². The molecule has 2 aromatic rings. The Morgan fingerprint density at radius 3 is 2.89 bits per heavy atom. The van der Waals surface area contributed by atoms with Crippen molar-refractivity contribution < 1.29 is 9.63 Å². The molecule has 2 aromatic heterocycles. The van der Waals surface area contributed by atoms with E-state index in [4.69, 9.17) is 27.7 Å². The van der Waals surface area contributed by atoms with Crippen LogP contribution in [-0.2, 0) is 6.42 Å². The maximum Gasteiger partial charge on any atom is 0.227 e. The number of aliphatic hydroxyl groups excluding tert-OH is 1. The number of aromatic nitrogens is 3. The fraction of sp³-hybridized carbons (Fsp3) is 0.364. The van der Waals surface area contributed by atoms with Crippen LogP contribution in [0.1, 0.15) is 19.2 Å². The molecule has 0 bridgehead atoms. The van der Waals surface area contributed by atoms with Gasteiger partial charge in [-0.25, -0.2) is 4.98 Å². The lowest BCUT2D eigenvalue weighted by Gasteiger charge is -1.98. The molecule has 0 aromatic carbocycles. The summed E-state index contributed by atoms with van der Waals surface area (Å²) in [5.41, 5.74) is 0.424. The molecule has 18 heavy (non-hydrogen) atoms. The maximum atomic E-state index is 9.17. The standard InChI is InChI=1S/C11H11Cl2N3O2/c1-6(17)2-3-9-15-11(16-18-9)10-8(13)4-7(12)5-14-10/h4-6,17H,2-3H2,1H3. The van der Waals surface area contributed by atoms with Gasteiger partial charge in [-0.15, -0.1) is 0 Å². The molecule has 7 heteroatoms. The number of rotatable bonds is 4. The van der Waals surface area contributed by atoms with E-state index < -0.39 is 6.10 Å². The lowest BCUT2D eigenvalue weighted by molar-refractivity contribution is 0.180. The Bertz CT molecular complexity index is 543. The van der Waals surface area contributed by atoms with Crippen molar-refractivity contribution in [2.45, 2.75) is 25.9 Å². The third kappa shape index (κ3) is 3.19. The van der Waals surface area contributed by atoms with E-state index in [-0.39, 0.29) is 0 Å². The molecule has 0 aliphatic heterocycles. The van der Waals surface area contributed by atoms with Crippen molar-refractivity contribution >= 4 is 23.2 Å². The Kier molecular flexibility index (Phi) is 4.16. The summed E-state index contributed by atoms with van der Waals surface area (Å²) in [6, 6.07) is 1.57. The topological polar surface area (TPSA) is 72.0 Å². The quantitative estimate of drug-likeness (QED) is 0.936. The van der Waals surface area contributed by atoms with Gasteiger partial charge in [0.1, 0.15) is 5.69 Å². The zero-order valence-corrected chi connectivity index (χ0v) is 11.1. The molecular weight excluding hydrogens is 277 g/mol. The number of aryl methyl sites for hydroxylation is 1. The molecule has 1 N–H and O–H groups in total. The van der Waals surface area contributed by atoms with E-state index in [9.17, 15) is 5.11 Å². The summed E-state index contributed by atoms with van der Waals surface area (Å²) < 4.78 is 5.05. The Hall–Kier alpha value is -1.17. The second-order valence-electron chi connectivity index (χ2n) is 3.88. The van der Waals surface area contributed by atoms with Crippen molar-refractivity contribution in [3.05, 3.63) is 28.2 Å². The monoisotopic (exact) mass is 287 g/mol. The number of hydrogen-bond donors (Lipinski definition) is 1. The molecule has 5 nitrogen and oxygen atoms in total. The summed E-state index contributed by atoms with van der Waals surface area (Å²) in [5.74, 6) is 0.760. The van der Waals surface area contributed by atoms with Crippen molar-refractivity contribution in [2.24, 2.45) is 0 Å². The first-order valence-electron chi connectivity index (χ1n) is 5.38. The van der Waals surface area contributed by atoms with Crippen molar-refractivity contribution in [1.82, 2.24) is 15.1 Å². The Balaban J connectivity index is 2.18. The number of pyridine rings is 1. The molecule has 0 saturated heterocycles. The summed E-state index contributed by atoms with van der Waals surface area (Å²) >= 11 is 11.7. The van der Waals surface area contributed by atoms with Crippen LogP contribution >= 0.6 is 23.2 Å². The van der Waals surface area contributed by atoms with Crippen LogP contribution in [0.2, 0.25) is 10.0 Å². The molecule has 2 rings (SSSR count). The van der Waals surface area contributed by atoms with Crippen LogP contribution < -0.4 is 0 Å². The summed E-state index contributed by atoms with van der Waals surface area (Å²) in [6.07, 6.45) is 2.13. The minimum absolute atomic E-state index is 0.317. The van der Waals surface area contributed by atoms with Gasteiger partial charge in [-0.2, -0.15) is 4.98 Å². The normalized spacial score (nSPS) is 12.7. The second kappa shape index (κ2) is 5.65. The summed E-state index contributed by atoms with van der Waals surface area (Å²) in [5, 5.41) is 13.8. The Morgan fingerprint density at radius 1 is 1.44 bits per heavy atom. The van der Waals surface area contributed by atoms with Gasteiger partial charge in [0.05, 0.1) is 16.1 Å². The van der Waals surface area contributed by atoms with E-state index in [2.05, 4.69) is 15.1 Å². The van der Waals surface area contributed by atoms with Gasteiger partial charge in [0.2, 0.25) is 11.7 Å². The van der Waals surface area contributed by atoms with Crippen LogP contribution in [0, 0.1) is 0 Å². The molecule has 1 unspecified atom stereocenters. The van der Waals surface area contributed by atoms with Gasteiger partial charge in [-0.3, -0.25) is 0 Å². The predicted molar refractivity (Wildman–Crippen MR) is 67.6 cm³/mol. The molecule has 0 aliphatic rings. The van der Waals surface area contributed by atoms with E-state index >= 15 is 0 Å². The third-order valence-electron chi connectivity index (χ3n) is 2.26. The number of halogens is 2. The fourth-order valence-corrected chi connectivity index (χ4v) is 1.83. The van der Waals surface area contributed by atoms with Crippen molar-refractivity contribution in [3.8, 4) is 11.5 Å². The lowest BCUT2D eigenvalue weighted by atomic mass is 10.2. The summed E-state index contributed by atoms with van der Waals surface area (Å²) in [7, 11) is 0. The molecule has 0 radical (unpaired) electrons. The highest BCUT2D eigenvalue weighted by molar-refractivity contribution is 6.35. The van der Waals surface area contributed by atoms with Gasteiger partial charge in [-0.05, 0) is 19.4 Å². The van der Waals surface area contributed by atoms with Crippen LogP contribution in [0.15, 0.2) is 16.8 Å². The first kappa shape index (κ1) is 13.3. The zero-order valence-electron chi connectivity index (χ0n) is 9.60. The van der Waals surface area contributed by atoms with Crippen LogP contribution in [0.25, 0.3) is 11.5 Å². The summed E-state index contributed by atoms with van der Waals surface area (Å²) in [6.45, 7) is 1.70. The van der Waals surface area contributed by atoms with Crippen molar-refractivity contribution in [2.75, 3.05) is 0 Å². The fourth-order valence-electron chi connectivity index (χ4n) is 1.36. The summed E-state index contributed by atoms with van der Waals surface area (Å²) in [4.78, 5) is 8.22. The molecule has 0 saturated carbocycles. The number of nitrogens with zero attached hydrogens (tertiary/aromatic N) is 3. The van der Waals surface area contributed by atoms with E-state index in [1.165, 1.54) is 6.20 Å². The molecule has 1 atom stereocenters. The minimum Gasteiger partial charge on any atom is -0.393 e. The van der Waals surface area contributed by atoms with E-state index in [1.807, 2.05) is 0 Å². The largest absolute Gasteiger partial charge is 0.393 e. The average Bonchev–Trinajstić information content (AvgIpc) is 2.75. The maximum absolute atomic E-state index is 9.17. The lowest BCUT2D eigenvalue weighted by Crippen LogP contribution is -2.01. The first-order chi connectivity index (χ1) is 8.56. The first-order valence-corrected chi connectivity index (χ1v) is 6.14. The Morgan fingerprint density at radius 2 is 2.22 bits per heavy atom. The molecule has 0 spiro atoms. The molecule has 0 amide bonds. The molecule has 0 aliphatic carbocycles. The third-order valence-corrected chi connectivity index (χ3v) is 2.76. The van der Waals surface area contributed by atoms with Gasteiger partial charge < -0.3 is 9.63 Å². The van der Waals surface area contributed by atoms with Crippen LogP contribution in [0.4, 0.5) is 0 Å². The van der Waals surface area contributed by atoms with Crippen molar-refractivity contribution in [1.29, 1.82) is 0 Å². The molecule has 0 fully saturated rings. The average molecular weight is 288 g/mol. The van der Waals surface area contributed by atoms with Gasteiger partial charge >= 0.3 is 0 Å². The van der Waals surface area contributed by atoms with Gasteiger partial charge in [-0.1, -0.05) is 28.4 Å². The zero-order chi connectivity index (χ0) is 13.1. The molecule has 96 valence electrons. The van der Waals surface area contributed by atoms with Gasteiger partial charge in [0.15, 0.2) is 0 Å². The highest BCUT2D eigenvalue weighted by Crippen LogP contribution is 2.25. The van der Waals surface area contributed by atoms with Crippen LogP contribution in [0.5, 0.6) is 0 Å². The highest BCUT2D eigenvalue weighted by Gasteiger charge is 2.14. The van der Waals surface area contributed by atoms with Crippen LogP contribution in [0.3, 0.4) is 0 Å². The van der Waals surface area contributed by atoms with Crippen LogP contribution in [-0.4, -0.2) is 26.3 Å². The van der Waals surface area contributed by atoms with E-state index in [0.717, 1.165) is 0 Å². The molecule has 2 heterocycles. The predicted octanol–water partition coefficient (Wildman–Crippen LogP) is 2.75. The van der Waals surface area contributed by atoms with E-state index in [0.29, 0.717) is 40.3 Å². The SMILES string of the molecule is CC(O)CCc1nc(-c2ncc(Cl)cc2Cl)no1.